The number of aliphatic hydroxyl groups excluding tert-OH is 1. The van der Waals surface area contributed by atoms with Crippen LogP contribution in [0.1, 0.15) is 89.9 Å². The fourth-order valence-corrected chi connectivity index (χ4v) is 10.0. The number of hydrogen-bond acceptors (Lipinski definition) is 11. The second-order valence-electron chi connectivity index (χ2n) is 13.1. The molecule has 0 aliphatic heterocycles. The second-order valence-corrected chi connectivity index (χ2v) is 15.6. The molecule has 0 aromatic carbocycles. The van der Waals surface area contributed by atoms with E-state index in [1.807, 2.05) is 0 Å². The van der Waals surface area contributed by atoms with Gasteiger partial charge in [0.25, 0.3) is 0 Å². The Hall–Kier alpha value is -1.91. The predicted octanol–water partition coefficient (Wildman–Crippen LogP) is 2.07. The maximum atomic E-state index is 13.5. The molecule has 4 saturated carbocycles. The van der Waals surface area contributed by atoms with E-state index >= 15 is 0 Å². The molecule has 0 bridgehead atoms. The Bertz CT molecular complexity index is 1060. The molecule has 15 heteroatoms. The summed E-state index contributed by atoms with van der Waals surface area (Å²) in [5.74, 6) is -3.38. The number of carboxylic acids is 1. The fourth-order valence-electron chi connectivity index (χ4n) is 7.64. The molecule has 246 valence electrons. The third kappa shape index (κ3) is 8.85. The van der Waals surface area contributed by atoms with Crippen LogP contribution in [0.15, 0.2) is 0 Å². The highest BCUT2D eigenvalue weighted by molar-refractivity contribution is 7.92. The number of hydroxylamine groups is 1. The molecule has 4 aliphatic rings. The lowest BCUT2D eigenvalue weighted by Gasteiger charge is -2.36. The van der Waals surface area contributed by atoms with Gasteiger partial charge in [-0.05, 0) is 88.9 Å². The van der Waals surface area contributed by atoms with E-state index in [2.05, 4.69) is 15.7 Å². The number of sulfone groups is 1. The molecule has 0 aromatic heterocycles. The minimum Gasteiger partial charge on any atom is -0.481 e. The highest BCUT2D eigenvalue weighted by Crippen LogP contribution is 2.35. The first kappa shape index (κ1) is 34.0. The van der Waals surface area contributed by atoms with Gasteiger partial charge in [0.1, 0.15) is 0 Å². The van der Waals surface area contributed by atoms with Crippen molar-refractivity contribution < 1.29 is 48.1 Å². The van der Waals surface area contributed by atoms with Crippen molar-refractivity contribution in [2.24, 2.45) is 23.7 Å². The minimum atomic E-state index is -3.37. The van der Waals surface area contributed by atoms with Crippen molar-refractivity contribution >= 4 is 21.7 Å². The number of rotatable bonds is 12. The Morgan fingerprint density at radius 1 is 0.814 bits per heavy atom. The lowest BCUT2D eigenvalue weighted by Crippen LogP contribution is -2.49. The van der Waals surface area contributed by atoms with Gasteiger partial charge >= 0.3 is 5.97 Å². The molecule has 5 N–H and O–H groups in total. The average molecular weight is 634 g/mol. The van der Waals surface area contributed by atoms with Crippen molar-refractivity contribution in [1.29, 1.82) is 0 Å². The van der Waals surface area contributed by atoms with E-state index < -0.39 is 61.1 Å². The van der Waals surface area contributed by atoms with Crippen LogP contribution in [-0.2, 0) is 29.2 Å². The quantitative estimate of drug-likeness (QED) is 0.119. The van der Waals surface area contributed by atoms with Gasteiger partial charge in [0, 0.05) is 29.8 Å². The summed E-state index contributed by atoms with van der Waals surface area (Å²) < 4.78 is 26.9. The third-order valence-electron chi connectivity index (χ3n) is 10.3. The Morgan fingerprint density at radius 3 is 2.02 bits per heavy atom. The summed E-state index contributed by atoms with van der Waals surface area (Å²) in [6.07, 6.45) is 5.88. The lowest BCUT2D eigenvalue weighted by molar-refractivity contribution is -0.528. The van der Waals surface area contributed by atoms with E-state index in [0.717, 1.165) is 6.42 Å². The summed E-state index contributed by atoms with van der Waals surface area (Å²) >= 11 is 0. The number of aliphatic hydroxyl groups is 1. The van der Waals surface area contributed by atoms with Crippen molar-refractivity contribution in [1.82, 2.24) is 10.8 Å². The molecule has 4 aliphatic carbocycles. The minimum absolute atomic E-state index is 0.00898. The topological polar surface area (TPSA) is 215 Å². The molecule has 14 nitrogen and oxygen atoms in total. The molecule has 6 atom stereocenters. The second kappa shape index (κ2) is 15.4. The van der Waals surface area contributed by atoms with Crippen LogP contribution in [0, 0.1) is 33.8 Å². The summed E-state index contributed by atoms with van der Waals surface area (Å²) in [6.45, 7) is 0.575. The number of nitro groups is 1. The van der Waals surface area contributed by atoms with Gasteiger partial charge in [-0.2, -0.15) is 5.48 Å². The summed E-state index contributed by atoms with van der Waals surface area (Å²) in [5.41, 5.74) is 3.09. The van der Waals surface area contributed by atoms with Crippen LogP contribution in [0.25, 0.3) is 0 Å². The number of nitrogens with zero attached hydrogens (tertiary/aromatic N) is 1. The maximum Gasteiger partial charge on any atom is 0.307 e. The lowest BCUT2D eigenvalue weighted by atomic mass is 9.76. The predicted molar refractivity (Wildman–Crippen MR) is 153 cm³/mol. The van der Waals surface area contributed by atoms with Crippen LogP contribution in [-0.4, -0.2) is 88.6 Å². The van der Waals surface area contributed by atoms with E-state index in [0.29, 0.717) is 70.8 Å². The van der Waals surface area contributed by atoms with Crippen molar-refractivity contribution in [2.75, 3.05) is 13.2 Å². The SMILES string of the molecule is O=C(O)C1CCC([N+](=O)[O-])CC1C(=O)NC1CCC(S(=O)(=O)C2CCC(NOCC3CCC(O)CC3COO)CC2)CC1. The summed E-state index contributed by atoms with van der Waals surface area (Å²) in [7, 11) is -3.37. The zero-order chi connectivity index (χ0) is 31.1. The molecular formula is C28H47N3O11S. The molecule has 0 aromatic rings. The standard InChI is InChI=1S/C28H47N3O11S/c32-22-7-1-17(18(13-22)16-42-38)15-41-30-20-4-10-24(11-5-20)43(39,40)23-8-2-19(3-9-23)29-27(33)26-14-21(31(36)37)6-12-25(26)28(34)35/h17-26,30,32,38H,1-16H2,(H,29,33)(H,34,35). The number of hydrogen-bond donors (Lipinski definition) is 5. The molecule has 6 unspecified atom stereocenters. The number of aliphatic carboxylic acids is 1. The highest BCUT2D eigenvalue weighted by atomic mass is 32.2. The first-order valence-corrected chi connectivity index (χ1v) is 17.3. The largest absolute Gasteiger partial charge is 0.481 e. The van der Waals surface area contributed by atoms with Crippen LogP contribution in [0.5, 0.6) is 0 Å². The normalized spacial score (nSPS) is 37.3. The fraction of sp³-hybridized carbons (Fsp3) is 0.929. The highest BCUT2D eigenvalue weighted by Gasteiger charge is 2.45. The Kier molecular flexibility index (Phi) is 12.2. The molecule has 0 spiro atoms. The molecule has 0 heterocycles. The van der Waals surface area contributed by atoms with Crippen molar-refractivity contribution in [2.45, 2.75) is 125 Å². The average Bonchev–Trinajstić information content (AvgIpc) is 2.98. The molecule has 4 rings (SSSR count). The van der Waals surface area contributed by atoms with Crippen LogP contribution < -0.4 is 10.8 Å². The number of amides is 1. The third-order valence-corrected chi connectivity index (χ3v) is 13.1. The Labute approximate surface area is 252 Å². The number of carbonyl (C=O) groups excluding carboxylic acids is 1. The van der Waals surface area contributed by atoms with Gasteiger partial charge in [-0.3, -0.25) is 25.0 Å². The molecule has 1 amide bonds. The van der Waals surface area contributed by atoms with Crippen molar-refractivity contribution in [3.05, 3.63) is 10.1 Å². The van der Waals surface area contributed by atoms with Gasteiger partial charge in [-0.25, -0.2) is 13.3 Å². The molecule has 4 fully saturated rings. The van der Waals surface area contributed by atoms with E-state index in [-0.39, 0.29) is 49.8 Å². The maximum absolute atomic E-state index is 13.5. The Morgan fingerprint density at radius 2 is 1.44 bits per heavy atom. The van der Waals surface area contributed by atoms with Gasteiger partial charge < -0.3 is 20.4 Å². The van der Waals surface area contributed by atoms with Crippen LogP contribution >= 0.6 is 0 Å². The monoisotopic (exact) mass is 633 g/mol. The van der Waals surface area contributed by atoms with Gasteiger partial charge in [0.15, 0.2) is 9.84 Å². The Balaban J connectivity index is 1.19. The van der Waals surface area contributed by atoms with Crippen LogP contribution in [0.3, 0.4) is 0 Å². The van der Waals surface area contributed by atoms with E-state index in [9.17, 15) is 38.3 Å². The smallest absolute Gasteiger partial charge is 0.307 e. The van der Waals surface area contributed by atoms with Crippen LogP contribution in [0.4, 0.5) is 0 Å². The van der Waals surface area contributed by atoms with Gasteiger partial charge in [-0.1, -0.05) is 0 Å². The van der Waals surface area contributed by atoms with E-state index in [1.54, 1.807) is 0 Å². The van der Waals surface area contributed by atoms with Gasteiger partial charge in [0.05, 0.1) is 41.7 Å². The number of nitrogens with one attached hydrogen (secondary N) is 2. The van der Waals surface area contributed by atoms with Gasteiger partial charge in [0.2, 0.25) is 11.9 Å². The van der Waals surface area contributed by atoms with Gasteiger partial charge in [-0.15, -0.1) is 0 Å². The first-order chi connectivity index (χ1) is 20.5. The summed E-state index contributed by atoms with van der Waals surface area (Å²) in [5, 5.41) is 41.5. The molecule has 0 radical (unpaired) electrons. The van der Waals surface area contributed by atoms with E-state index in [1.165, 1.54) is 0 Å². The van der Waals surface area contributed by atoms with Crippen molar-refractivity contribution in [3.63, 3.8) is 0 Å². The zero-order valence-electron chi connectivity index (χ0n) is 24.6. The molecule has 43 heavy (non-hydrogen) atoms. The summed E-state index contributed by atoms with van der Waals surface area (Å²) in [4.78, 5) is 45.5. The van der Waals surface area contributed by atoms with Crippen LogP contribution in [0.2, 0.25) is 0 Å². The number of carboxylic acid groups (broad SMARTS) is 1. The molecular weight excluding hydrogens is 586 g/mol. The summed E-state index contributed by atoms with van der Waals surface area (Å²) in [6, 6.07) is -1.17. The zero-order valence-corrected chi connectivity index (χ0v) is 25.4. The van der Waals surface area contributed by atoms with E-state index in [4.69, 9.17) is 10.1 Å². The van der Waals surface area contributed by atoms with Crippen molar-refractivity contribution in [3.8, 4) is 0 Å². The molecule has 0 saturated heterocycles. The first-order valence-electron chi connectivity index (χ1n) is 15.7. The number of carbonyl (C=O) groups is 2.